The van der Waals surface area contributed by atoms with Gasteiger partial charge in [0.05, 0.1) is 19.3 Å². The Balaban J connectivity index is 1.52. The lowest BCUT2D eigenvalue weighted by Crippen LogP contribution is -2.41. The van der Waals surface area contributed by atoms with Crippen LogP contribution in [0.2, 0.25) is 0 Å². The SMILES string of the molecule is CC(CNC1CC1)OC1COC1. The number of ether oxygens (including phenoxy) is 2. The van der Waals surface area contributed by atoms with E-state index in [2.05, 4.69) is 12.2 Å². The van der Waals surface area contributed by atoms with Crippen LogP contribution in [0.5, 0.6) is 0 Å². The van der Waals surface area contributed by atoms with Crippen LogP contribution in [0.4, 0.5) is 0 Å². The molecule has 1 aliphatic heterocycles. The molecule has 0 amide bonds. The molecular weight excluding hydrogens is 154 g/mol. The Morgan fingerprint density at radius 2 is 2.25 bits per heavy atom. The largest absolute Gasteiger partial charge is 0.376 e. The third-order valence-electron chi connectivity index (χ3n) is 2.30. The van der Waals surface area contributed by atoms with Gasteiger partial charge >= 0.3 is 0 Å². The Bertz CT molecular complexity index is 143. The molecule has 70 valence electrons. The van der Waals surface area contributed by atoms with Crippen LogP contribution >= 0.6 is 0 Å². The van der Waals surface area contributed by atoms with Crippen LogP contribution in [0.3, 0.4) is 0 Å². The molecule has 1 aliphatic carbocycles. The van der Waals surface area contributed by atoms with Gasteiger partial charge in [0.15, 0.2) is 0 Å². The summed E-state index contributed by atoms with van der Waals surface area (Å²) in [7, 11) is 0. The molecule has 0 aromatic carbocycles. The molecule has 0 aromatic heterocycles. The quantitative estimate of drug-likeness (QED) is 0.655. The smallest absolute Gasteiger partial charge is 0.104 e. The van der Waals surface area contributed by atoms with Gasteiger partial charge in [-0.1, -0.05) is 0 Å². The van der Waals surface area contributed by atoms with E-state index in [9.17, 15) is 0 Å². The summed E-state index contributed by atoms with van der Waals surface area (Å²) < 4.78 is 10.7. The van der Waals surface area contributed by atoms with Gasteiger partial charge < -0.3 is 14.8 Å². The van der Waals surface area contributed by atoms with E-state index in [1.54, 1.807) is 0 Å². The summed E-state index contributed by atoms with van der Waals surface area (Å²) in [4.78, 5) is 0. The van der Waals surface area contributed by atoms with E-state index in [1.807, 2.05) is 0 Å². The summed E-state index contributed by atoms with van der Waals surface area (Å²) in [5.41, 5.74) is 0. The number of hydrogen-bond donors (Lipinski definition) is 1. The van der Waals surface area contributed by atoms with Crippen molar-refractivity contribution in [2.75, 3.05) is 19.8 Å². The molecule has 2 fully saturated rings. The van der Waals surface area contributed by atoms with Crippen molar-refractivity contribution in [3.63, 3.8) is 0 Å². The predicted molar refractivity (Wildman–Crippen MR) is 46.2 cm³/mol. The Kier molecular flexibility index (Phi) is 2.63. The van der Waals surface area contributed by atoms with Crippen LogP contribution < -0.4 is 5.32 Å². The monoisotopic (exact) mass is 171 g/mol. The first-order valence-corrected chi connectivity index (χ1v) is 4.81. The molecule has 0 aromatic rings. The van der Waals surface area contributed by atoms with Crippen molar-refractivity contribution < 1.29 is 9.47 Å². The minimum absolute atomic E-state index is 0.333. The number of rotatable bonds is 5. The van der Waals surface area contributed by atoms with Crippen molar-refractivity contribution in [1.29, 1.82) is 0 Å². The van der Waals surface area contributed by atoms with Gasteiger partial charge in [-0.2, -0.15) is 0 Å². The highest BCUT2D eigenvalue weighted by atomic mass is 16.6. The lowest BCUT2D eigenvalue weighted by molar-refractivity contribution is -0.149. The van der Waals surface area contributed by atoms with Crippen LogP contribution in [0.15, 0.2) is 0 Å². The molecule has 0 spiro atoms. The fraction of sp³-hybridized carbons (Fsp3) is 1.00. The lowest BCUT2D eigenvalue weighted by atomic mass is 10.3. The van der Waals surface area contributed by atoms with Crippen LogP contribution in [0, 0.1) is 0 Å². The highest BCUT2D eigenvalue weighted by Gasteiger charge is 2.24. The first-order valence-electron chi connectivity index (χ1n) is 4.81. The second kappa shape index (κ2) is 3.73. The molecule has 0 radical (unpaired) electrons. The molecule has 3 heteroatoms. The summed E-state index contributed by atoms with van der Waals surface area (Å²) in [6.45, 7) is 4.68. The molecule has 1 atom stereocenters. The molecule has 0 bridgehead atoms. The van der Waals surface area contributed by atoms with E-state index >= 15 is 0 Å². The topological polar surface area (TPSA) is 30.5 Å². The van der Waals surface area contributed by atoms with E-state index in [0.717, 1.165) is 25.8 Å². The van der Waals surface area contributed by atoms with Gasteiger partial charge in [-0.15, -0.1) is 0 Å². The van der Waals surface area contributed by atoms with E-state index in [1.165, 1.54) is 12.8 Å². The summed E-state index contributed by atoms with van der Waals surface area (Å²) >= 11 is 0. The Morgan fingerprint density at radius 1 is 1.50 bits per heavy atom. The first-order chi connectivity index (χ1) is 5.84. The van der Waals surface area contributed by atoms with Gasteiger partial charge in [-0.3, -0.25) is 0 Å². The van der Waals surface area contributed by atoms with Crippen molar-refractivity contribution in [1.82, 2.24) is 5.32 Å². The van der Waals surface area contributed by atoms with Gasteiger partial charge in [0.2, 0.25) is 0 Å². The van der Waals surface area contributed by atoms with Crippen molar-refractivity contribution in [2.45, 2.75) is 38.0 Å². The molecule has 1 unspecified atom stereocenters. The summed E-state index contributed by atoms with van der Waals surface area (Å²) in [5, 5.41) is 3.44. The molecule has 2 aliphatic rings. The van der Waals surface area contributed by atoms with Gasteiger partial charge in [0.25, 0.3) is 0 Å². The van der Waals surface area contributed by atoms with Crippen molar-refractivity contribution in [2.24, 2.45) is 0 Å². The molecule has 1 N–H and O–H groups in total. The molecule has 3 nitrogen and oxygen atoms in total. The molecule has 1 heterocycles. The fourth-order valence-electron chi connectivity index (χ4n) is 1.29. The first kappa shape index (κ1) is 8.48. The Labute approximate surface area is 73.4 Å². The minimum atomic E-state index is 0.333. The predicted octanol–water partition coefficient (Wildman–Crippen LogP) is 0.542. The van der Waals surface area contributed by atoms with E-state index < -0.39 is 0 Å². The van der Waals surface area contributed by atoms with Crippen molar-refractivity contribution in [3.8, 4) is 0 Å². The molecule has 1 saturated heterocycles. The molecule has 2 rings (SSSR count). The third-order valence-corrected chi connectivity index (χ3v) is 2.30. The van der Waals surface area contributed by atoms with Crippen molar-refractivity contribution >= 4 is 0 Å². The Morgan fingerprint density at radius 3 is 2.75 bits per heavy atom. The molecule has 1 saturated carbocycles. The molecule has 12 heavy (non-hydrogen) atoms. The van der Waals surface area contributed by atoms with Gasteiger partial charge in [-0.25, -0.2) is 0 Å². The van der Waals surface area contributed by atoms with Crippen molar-refractivity contribution in [3.05, 3.63) is 0 Å². The van der Waals surface area contributed by atoms with E-state index in [-0.39, 0.29) is 0 Å². The van der Waals surface area contributed by atoms with E-state index in [0.29, 0.717) is 12.2 Å². The summed E-state index contributed by atoms with van der Waals surface area (Å²) in [6.07, 6.45) is 3.39. The highest BCUT2D eigenvalue weighted by Crippen LogP contribution is 2.18. The van der Waals surface area contributed by atoms with Gasteiger partial charge in [-0.05, 0) is 19.8 Å². The Hall–Kier alpha value is -0.120. The standard InChI is InChI=1S/C9H17NO2/c1-7(4-10-8-2-3-8)12-9-5-11-6-9/h7-10H,2-6H2,1H3. The number of nitrogens with one attached hydrogen (secondary N) is 1. The lowest BCUT2D eigenvalue weighted by Gasteiger charge is -2.29. The average Bonchev–Trinajstić information content (AvgIpc) is 2.76. The van der Waals surface area contributed by atoms with Crippen LogP contribution in [0.1, 0.15) is 19.8 Å². The fourth-order valence-corrected chi connectivity index (χ4v) is 1.29. The maximum Gasteiger partial charge on any atom is 0.104 e. The number of hydrogen-bond acceptors (Lipinski definition) is 3. The van der Waals surface area contributed by atoms with E-state index in [4.69, 9.17) is 9.47 Å². The zero-order valence-corrected chi connectivity index (χ0v) is 7.58. The average molecular weight is 171 g/mol. The van der Waals surface area contributed by atoms with Gasteiger partial charge in [0, 0.05) is 12.6 Å². The minimum Gasteiger partial charge on any atom is -0.376 e. The zero-order valence-electron chi connectivity index (χ0n) is 7.58. The highest BCUT2D eigenvalue weighted by molar-refractivity contribution is 4.81. The van der Waals surface area contributed by atoms with Gasteiger partial charge in [0.1, 0.15) is 6.10 Å². The van der Waals surface area contributed by atoms with Crippen LogP contribution in [0.25, 0.3) is 0 Å². The van der Waals surface area contributed by atoms with Crippen LogP contribution in [-0.2, 0) is 9.47 Å². The molecular formula is C9H17NO2. The maximum absolute atomic E-state index is 5.68. The van der Waals surface area contributed by atoms with Crippen LogP contribution in [-0.4, -0.2) is 38.0 Å². The normalized spacial score (nSPS) is 26.8. The zero-order chi connectivity index (χ0) is 8.39. The summed E-state index contributed by atoms with van der Waals surface area (Å²) in [5.74, 6) is 0. The maximum atomic E-state index is 5.68. The second-order valence-corrected chi connectivity index (χ2v) is 3.79. The third kappa shape index (κ3) is 2.44. The summed E-state index contributed by atoms with van der Waals surface area (Å²) in [6, 6.07) is 0.786. The second-order valence-electron chi connectivity index (χ2n) is 3.79.